The lowest BCUT2D eigenvalue weighted by Crippen LogP contribution is -2.32. The Morgan fingerprint density at radius 1 is 1.12 bits per heavy atom. The van der Waals surface area contributed by atoms with Crippen LogP contribution in [0.1, 0.15) is 25.7 Å². The second kappa shape index (κ2) is 5.91. The molecule has 1 aromatic carbocycles. The topological polar surface area (TPSA) is 38.0 Å². The Kier molecular flexibility index (Phi) is 4.75. The van der Waals surface area contributed by atoms with Crippen molar-refractivity contribution in [3.63, 3.8) is 0 Å². The summed E-state index contributed by atoms with van der Waals surface area (Å²) in [6, 6.07) is 4.70. The van der Waals surface area contributed by atoms with Gasteiger partial charge in [0.05, 0.1) is 5.69 Å². The van der Waals surface area contributed by atoms with E-state index in [1.54, 1.807) is 0 Å². The van der Waals surface area contributed by atoms with Crippen LogP contribution < -0.4 is 11.1 Å². The van der Waals surface area contributed by atoms with Crippen LogP contribution in [0.15, 0.2) is 21.1 Å². The van der Waals surface area contributed by atoms with Crippen molar-refractivity contribution in [2.24, 2.45) is 5.73 Å². The van der Waals surface area contributed by atoms with Crippen molar-refractivity contribution in [3.05, 3.63) is 26.1 Å². The van der Waals surface area contributed by atoms with Gasteiger partial charge < -0.3 is 11.1 Å². The molecule has 1 aliphatic rings. The minimum absolute atomic E-state index is 0.380. The van der Waals surface area contributed by atoms with Gasteiger partial charge in [0, 0.05) is 26.1 Å². The van der Waals surface area contributed by atoms with Crippen LogP contribution in [0.5, 0.6) is 0 Å². The predicted octanol–water partition coefficient (Wildman–Crippen LogP) is 4.55. The van der Waals surface area contributed by atoms with Gasteiger partial charge in [-0.05, 0) is 69.7 Å². The third-order valence-electron chi connectivity index (χ3n) is 3.13. The average Bonchev–Trinajstić information content (AvgIpc) is 2.26. The second-order valence-electron chi connectivity index (χ2n) is 4.50. The molecule has 1 aromatic rings. The molecular formula is C12H15Br2ClN2. The first-order valence-corrected chi connectivity index (χ1v) is 7.69. The smallest absolute Gasteiger partial charge is 0.0632 e. The summed E-state index contributed by atoms with van der Waals surface area (Å²) in [4.78, 5) is 0. The molecule has 0 amide bonds. The van der Waals surface area contributed by atoms with E-state index in [9.17, 15) is 0 Å². The molecule has 3 N–H and O–H groups in total. The zero-order valence-electron chi connectivity index (χ0n) is 9.35. The Morgan fingerprint density at radius 2 is 1.65 bits per heavy atom. The summed E-state index contributed by atoms with van der Waals surface area (Å²) in [5, 5.41) is 4.28. The number of hydrogen-bond acceptors (Lipinski definition) is 2. The molecule has 2 rings (SSSR count). The maximum atomic E-state index is 5.98. The number of halogens is 3. The fourth-order valence-corrected chi connectivity index (χ4v) is 4.04. The van der Waals surface area contributed by atoms with E-state index in [0.29, 0.717) is 12.1 Å². The van der Waals surface area contributed by atoms with Gasteiger partial charge in [-0.3, -0.25) is 0 Å². The molecule has 0 saturated heterocycles. The van der Waals surface area contributed by atoms with Gasteiger partial charge in [-0.2, -0.15) is 0 Å². The molecule has 1 fully saturated rings. The van der Waals surface area contributed by atoms with Crippen LogP contribution in [-0.2, 0) is 0 Å². The van der Waals surface area contributed by atoms with Gasteiger partial charge in [-0.1, -0.05) is 11.6 Å². The Bertz CT molecular complexity index is 380. The molecule has 1 saturated carbocycles. The van der Waals surface area contributed by atoms with Gasteiger partial charge in [-0.15, -0.1) is 0 Å². The highest BCUT2D eigenvalue weighted by molar-refractivity contribution is 9.11. The largest absolute Gasteiger partial charge is 0.380 e. The molecule has 0 heterocycles. The summed E-state index contributed by atoms with van der Waals surface area (Å²) < 4.78 is 1.98. The Balaban J connectivity index is 2.08. The Hall–Kier alpha value is 0.230. The standard InChI is InChI=1S/C12H15Br2ClN2/c13-10-5-7(15)6-11(14)12(10)17-9-3-1-8(16)2-4-9/h5-6,8-9,17H,1-4,16H2. The van der Waals surface area contributed by atoms with Gasteiger partial charge in [0.1, 0.15) is 0 Å². The van der Waals surface area contributed by atoms with Gasteiger partial charge in [0.15, 0.2) is 0 Å². The fraction of sp³-hybridized carbons (Fsp3) is 0.500. The molecule has 0 radical (unpaired) electrons. The minimum atomic E-state index is 0.380. The van der Waals surface area contributed by atoms with Crippen LogP contribution in [0.4, 0.5) is 5.69 Å². The van der Waals surface area contributed by atoms with E-state index < -0.39 is 0 Å². The number of benzene rings is 1. The number of hydrogen-bond donors (Lipinski definition) is 2. The van der Waals surface area contributed by atoms with E-state index in [1.807, 2.05) is 12.1 Å². The molecule has 0 spiro atoms. The van der Waals surface area contributed by atoms with E-state index in [0.717, 1.165) is 45.3 Å². The molecule has 94 valence electrons. The number of nitrogens with two attached hydrogens (primary N) is 1. The molecule has 0 atom stereocenters. The van der Waals surface area contributed by atoms with Gasteiger partial charge in [0.2, 0.25) is 0 Å². The lowest BCUT2D eigenvalue weighted by atomic mass is 9.92. The predicted molar refractivity (Wildman–Crippen MR) is 80.7 cm³/mol. The summed E-state index contributed by atoms with van der Waals surface area (Å²) >= 11 is 13.0. The Morgan fingerprint density at radius 3 is 2.18 bits per heavy atom. The molecule has 0 bridgehead atoms. The first kappa shape index (κ1) is 13.7. The van der Waals surface area contributed by atoms with Crippen molar-refractivity contribution < 1.29 is 0 Å². The van der Waals surface area contributed by atoms with Crippen molar-refractivity contribution in [1.29, 1.82) is 0 Å². The highest BCUT2D eigenvalue weighted by atomic mass is 79.9. The molecule has 0 unspecified atom stereocenters. The highest BCUT2D eigenvalue weighted by Gasteiger charge is 2.19. The second-order valence-corrected chi connectivity index (χ2v) is 6.65. The van der Waals surface area contributed by atoms with Crippen molar-refractivity contribution in [3.8, 4) is 0 Å². The minimum Gasteiger partial charge on any atom is -0.380 e. The van der Waals surface area contributed by atoms with Gasteiger partial charge in [0.25, 0.3) is 0 Å². The van der Waals surface area contributed by atoms with Crippen molar-refractivity contribution in [1.82, 2.24) is 0 Å². The molecule has 17 heavy (non-hydrogen) atoms. The van der Waals surface area contributed by atoms with E-state index in [1.165, 1.54) is 0 Å². The Labute approximate surface area is 124 Å². The summed E-state index contributed by atoms with van der Waals surface area (Å²) in [6.07, 6.45) is 4.45. The lowest BCUT2D eigenvalue weighted by Gasteiger charge is -2.28. The first-order valence-electron chi connectivity index (χ1n) is 5.73. The van der Waals surface area contributed by atoms with E-state index >= 15 is 0 Å². The molecular weight excluding hydrogens is 367 g/mol. The molecule has 5 heteroatoms. The van der Waals surface area contributed by atoms with Gasteiger partial charge in [-0.25, -0.2) is 0 Å². The number of rotatable bonds is 2. The zero-order valence-corrected chi connectivity index (χ0v) is 13.3. The molecule has 0 aromatic heterocycles. The van der Waals surface area contributed by atoms with Crippen molar-refractivity contribution in [2.75, 3.05) is 5.32 Å². The van der Waals surface area contributed by atoms with E-state index in [4.69, 9.17) is 17.3 Å². The number of nitrogens with one attached hydrogen (secondary N) is 1. The van der Waals surface area contributed by atoms with Crippen LogP contribution in [-0.4, -0.2) is 12.1 Å². The summed E-state index contributed by atoms with van der Waals surface area (Å²) in [5.74, 6) is 0. The molecule has 2 nitrogen and oxygen atoms in total. The van der Waals surface area contributed by atoms with Crippen LogP contribution >= 0.6 is 43.5 Å². The SMILES string of the molecule is NC1CCC(Nc2c(Br)cc(Cl)cc2Br)CC1. The third-order valence-corrected chi connectivity index (χ3v) is 4.60. The number of anilines is 1. The maximum Gasteiger partial charge on any atom is 0.0632 e. The summed E-state index contributed by atoms with van der Waals surface area (Å²) in [5.41, 5.74) is 6.98. The van der Waals surface area contributed by atoms with Crippen molar-refractivity contribution >= 4 is 49.1 Å². The van der Waals surface area contributed by atoms with Crippen molar-refractivity contribution in [2.45, 2.75) is 37.8 Å². The quantitative estimate of drug-likeness (QED) is 0.788. The monoisotopic (exact) mass is 380 g/mol. The third kappa shape index (κ3) is 3.60. The average molecular weight is 383 g/mol. The summed E-state index contributed by atoms with van der Waals surface area (Å²) in [6.45, 7) is 0. The highest BCUT2D eigenvalue weighted by Crippen LogP contribution is 2.35. The van der Waals surface area contributed by atoms with Crippen LogP contribution in [0, 0.1) is 0 Å². The van der Waals surface area contributed by atoms with E-state index in [-0.39, 0.29) is 0 Å². The van der Waals surface area contributed by atoms with E-state index in [2.05, 4.69) is 37.2 Å². The fourth-order valence-electron chi connectivity index (χ4n) is 2.15. The lowest BCUT2D eigenvalue weighted by molar-refractivity contribution is 0.411. The maximum absolute atomic E-state index is 5.98. The molecule has 1 aliphatic carbocycles. The van der Waals surface area contributed by atoms with Crippen LogP contribution in [0.3, 0.4) is 0 Å². The summed E-state index contributed by atoms with van der Waals surface area (Å²) in [7, 11) is 0. The molecule has 0 aliphatic heterocycles. The van der Waals surface area contributed by atoms with Crippen LogP contribution in [0.25, 0.3) is 0 Å². The van der Waals surface area contributed by atoms with Gasteiger partial charge >= 0.3 is 0 Å². The zero-order chi connectivity index (χ0) is 12.4. The first-order chi connectivity index (χ1) is 8.06. The normalized spacial score (nSPS) is 24.7. The van der Waals surface area contributed by atoms with Crippen LogP contribution in [0.2, 0.25) is 5.02 Å².